The third kappa shape index (κ3) is 3.20. The maximum Gasteiger partial charge on any atom is 0.253 e. The molecule has 0 saturated carbocycles. The minimum atomic E-state index is -0.564. The molecular weight excluding hydrogens is 242 g/mol. The van der Waals surface area contributed by atoms with Gasteiger partial charge in [0.05, 0.1) is 23.7 Å². The number of aromatic nitrogens is 2. The number of aliphatic hydroxyl groups is 1. The average Bonchev–Trinajstić information content (AvgIpc) is 2.89. The molecule has 1 aromatic carbocycles. The van der Waals surface area contributed by atoms with Crippen molar-refractivity contribution in [2.45, 2.75) is 20.0 Å². The van der Waals surface area contributed by atoms with Crippen LogP contribution in [-0.4, -0.2) is 33.2 Å². The van der Waals surface area contributed by atoms with Crippen LogP contribution in [0.15, 0.2) is 36.9 Å². The van der Waals surface area contributed by atoms with Gasteiger partial charge in [-0.05, 0) is 26.0 Å². The van der Waals surface area contributed by atoms with Crippen molar-refractivity contribution in [1.82, 2.24) is 14.9 Å². The molecule has 5 nitrogen and oxygen atoms in total. The van der Waals surface area contributed by atoms with Crippen molar-refractivity contribution in [3.63, 3.8) is 0 Å². The van der Waals surface area contributed by atoms with Gasteiger partial charge in [0.25, 0.3) is 5.91 Å². The van der Waals surface area contributed by atoms with Gasteiger partial charge < -0.3 is 15.0 Å². The molecular formula is C14H17N3O2. The third-order valence-electron chi connectivity index (χ3n) is 2.74. The molecule has 1 unspecified atom stereocenters. The van der Waals surface area contributed by atoms with Gasteiger partial charge in [-0.3, -0.25) is 4.79 Å². The van der Waals surface area contributed by atoms with Crippen LogP contribution < -0.4 is 5.32 Å². The quantitative estimate of drug-likeness (QED) is 0.869. The van der Waals surface area contributed by atoms with E-state index in [0.717, 1.165) is 11.3 Å². The van der Waals surface area contributed by atoms with E-state index in [-0.39, 0.29) is 12.5 Å². The predicted octanol–water partition coefficient (Wildman–Crippen LogP) is 1.29. The SMILES string of the molecule is Cc1ccc(-n2ccnc2)c(C(=O)NCC(C)O)c1. The van der Waals surface area contributed by atoms with E-state index in [1.54, 1.807) is 30.2 Å². The van der Waals surface area contributed by atoms with Crippen molar-refractivity contribution < 1.29 is 9.90 Å². The highest BCUT2D eigenvalue weighted by atomic mass is 16.3. The van der Waals surface area contributed by atoms with Gasteiger partial charge in [0.15, 0.2) is 0 Å². The Labute approximate surface area is 111 Å². The Kier molecular flexibility index (Phi) is 3.97. The van der Waals surface area contributed by atoms with Gasteiger partial charge in [-0.25, -0.2) is 4.98 Å². The lowest BCUT2D eigenvalue weighted by Gasteiger charge is -2.12. The van der Waals surface area contributed by atoms with Gasteiger partial charge in [0.1, 0.15) is 0 Å². The van der Waals surface area contributed by atoms with Crippen LogP contribution in [0.2, 0.25) is 0 Å². The summed E-state index contributed by atoms with van der Waals surface area (Å²) < 4.78 is 1.79. The first-order valence-corrected chi connectivity index (χ1v) is 6.13. The molecule has 19 heavy (non-hydrogen) atoms. The van der Waals surface area contributed by atoms with Gasteiger partial charge in [0.2, 0.25) is 0 Å². The van der Waals surface area contributed by atoms with Gasteiger partial charge in [-0.2, -0.15) is 0 Å². The van der Waals surface area contributed by atoms with Crippen molar-refractivity contribution in [3.05, 3.63) is 48.0 Å². The molecule has 2 N–H and O–H groups in total. The molecule has 1 atom stereocenters. The fraction of sp³-hybridized carbons (Fsp3) is 0.286. The number of rotatable bonds is 4. The summed E-state index contributed by atoms with van der Waals surface area (Å²) in [5.41, 5.74) is 2.34. The molecule has 0 fully saturated rings. The van der Waals surface area contributed by atoms with Crippen LogP contribution in [0, 0.1) is 6.92 Å². The Bertz CT molecular complexity index is 562. The van der Waals surface area contributed by atoms with E-state index < -0.39 is 6.10 Å². The summed E-state index contributed by atoms with van der Waals surface area (Å²) in [5.74, 6) is -0.201. The highest BCUT2D eigenvalue weighted by molar-refractivity contribution is 5.98. The molecule has 2 aromatic rings. The molecule has 0 aliphatic rings. The molecule has 1 heterocycles. The minimum Gasteiger partial charge on any atom is -0.392 e. The molecule has 0 radical (unpaired) electrons. The number of aryl methyl sites for hydroxylation is 1. The van der Waals surface area contributed by atoms with E-state index in [1.807, 2.05) is 25.1 Å². The molecule has 1 amide bonds. The summed E-state index contributed by atoms with van der Waals surface area (Å²) in [5, 5.41) is 11.9. The number of benzene rings is 1. The minimum absolute atomic E-state index is 0.201. The van der Waals surface area contributed by atoms with Crippen molar-refractivity contribution in [2.75, 3.05) is 6.54 Å². The second-order valence-corrected chi connectivity index (χ2v) is 4.55. The third-order valence-corrected chi connectivity index (χ3v) is 2.74. The number of amides is 1. The lowest BCUT2D eigenvalue weighted by atomic mass is 10.1. The number of hydrogen-bond acceptors (Lipinski definition) is 3. The second-order valence-electron chi connectivity index (χ2n) is 4.55. The highest BCUT2D eigenvalue weighted by Gasteiger charge is 2.13. The van der Waals surface area contributed by atoms with Crippen LogP contribution in [0.25, 0.3) is 5.69 Å². The maximum atomic E-state index is 12.2. The van der Waals surface area contributed by atoms with E-state index in [2.05, 4.69) is 10.3 Å². The van der Waals surface area contributed by atoms with E-state index in [1.165, 1.54) is 0 Å². The Balaban J connectivity index is 2.33. The van der Waals surface area contributed by atoms with Crippen molar-refractivity contribution >= 4 is 5.91 Å². The molecule has 0 bridgehead atoms. The van der Waals surface area contributed by atoms with Gasteiger partial charge >= 0.3 is 0 Å². The summed E-state index contributed by atoms with van der Waals surface area (Å²) in [7, 11) is 0. The number of nitrogens with zero attached hydrogens (tertiary/aromatic N) is 2. The number of aliphatic hydroxyl groups excluding tert-OH is 1. The number of nitrogens with one attached hydrogen (secondary N) is 1. The zero-order valence-corrected chi connectivity index (χ0v) is 11.0. The van der Waals surface area contributed by atoms with Gasteiger partial charge in [0, 0.05) is 18.9 Å². The Hall–Kier alpha value is -2.14. The summed E-state index contributed by atoms with van der Waals surface area (Å²) in [4.78, 5) is 16.1. The number of carbonyl (C=O) groups is 1. The van der Waals surface area contributed by atoms with E-state index >= 15 is 0 Å². The fourth-order valence-electron chi connectivity index (χ4n) is 1.79. The Morgan fingerprint density at radius 2 is 2.32 bits per heavy atom. The van der Waals surface area contributed by atoms with Crippen molar-refractivity contribution in [1.29, 1.82) is 0 Å². The molecule has 0 aliphatic heterocycles. The van der Waals surface area contributed by atoms with Crippen LogP contribution >= 0.6 is 0 Å². The zero-order chi connectivity index (χ0) is 13.8. The summed E-state index contributed by atoms with van der Waals surface area (Å²) in [6, 6.07) is 5.65. The topological polar surface area (TPSA) is 67.2 Å². The lowest BCUT2D eigenvalue weighted by molar-refractivity contribution is 0.0924. The largest absolute Gasteiger partial charge is 0.392 e. The second kappa shape index (κ2) is 5.67. The monoisotopic (exact) mass is 259 g/mol. The summed E-state index contributed by atoms with van der Waals surface area (Å²) in [6.07, 6.45) is 4.54. The van der Waals surface area contributed by atoms with E-state index in [4.69, 9.17) is 0 Å². The van der Waals surface area contributed by atoms with Crippen LogP contribution in [0.3, 0.4) is 0 Å². The smallest absolute Gasteiger partial charge is 0.253 e. The molecule has 2 rings (SSSR count). The lowest BCUT2D eigenvalue weighted by Crippen LogP contribution is -2.31. The van der Waals surface area contributed by atoms with Crippen molar-refractivity contribution in [2.24, 2.45) is 0 Å². The molecule has 0 saturated heterocycles. The zero-order valence-electron chi connectivity index (χ0n) is 11.0. The number of imidazole rings is 1. The van der Waals surface area contributed by atoms with E-state index in [0.29, 0.717) is 5.56 Å². The molecule has 1 aromatic heterocycles. The first-order chi connectivity index (χ1) is 9.08. The fourth-order valence-corrected chi connectivity index (χ4v) is 1.79. The normalized spacial score (nSPS) is 12.2. The van der Waals surface area contributed by atoms with E-state index in [9.17, 15) is 9.90 Å². The predicted molar refractivity (Wildman–Crippen MR) is 72.3 cm³/mol. The number of carbonyl (C=O) groups excluding carboxylic acids is 1. The summed E-state index contributed by atoms with van der Waals surface area (Å²) >= 11 is 0. The Morgan fingerprint density at radius 3 is 2.95 bits per heavy atom. The molecule has 0 spiro atoms. The van der Waals surface area contributed by atoms with Crippen LogP contribution in [-0.2, 0) is 0 Å². The maximum absolute atomic E-state index is 12.2. The molecule has 5 heteroatoms. The first-order valence-electron chi connectivity index (χ1n) is 6.13. The average molecular weight is 259 g/mol. The van der Waals surface area contributed by atoms with Crippen LogP contribution in [0.5, 0.6) is 0 Å². The standard InChI is InChI=1S/C14H17N3O2/c1-10-3-4-13(17-6-5-15-9-17)12(7-10)14(19)16-8-11(2)18/h3-7,9,11,18H,8H2,1-2H3,(H,16,19). The number of hydrogen-bond donors (Lipinski definition) is 2. The Morgan fingerprint density at radius 1 is 1.53 bits per heavy atom. The highest BCUT2D eigenvalue weighted by Crippen LogP contribution is 2.16. The van der Waals surface area contributed by atoms with Crippen LogP contribution in [0.1, 0.15) is 22.8 Å². The van der Waals surface area contributed by atoms with Gasteiger partial charge in [-0.1, -0.05) is 11.6 Å². The summed E-state index contributed by atoms with van der Waals surface area (Å²) in [6.45, 7) is 3.80. The van der Waals surface area contributed by atoms with Gasteiger partial charge in [-0.15, -0.1) is 0 Å². The first kappa shape index (κ1) is 13.3. The molecule has 0 aliphatic carbocycles. The van der Waals surface area contributed by atoms with Crippen LogP contribution in [0.4, 0.5) is 0 Å². The molecule has 100 valence electrons. The van der Waals surface area contributed by atoms with Crippen molar-refractivity contribution in [3.8, 4) is 5.69 Å².